The van der Waals surface area contributed by atoms with Crippen LogP contribution in [0.4, 0.5) is 0 Å². The van der Waals surface area contributed by atoms with Gasteiger partial charge in [0, 0.05) is 31.7 Å². The molecule has 0 radical (unpaired) electrons. The molecule has 1 aromatic rings. The molecule has 2 heterocycles. The first-order valence-corrected chi connectivity index (χ1v) is 12.2. The summed E-state index contributed by atoms with van der Waals surface area (Å²) in [4.78, 5) is 4.91. The van der Waals surface area contributed by atoms with Gasteiger partial charge in [-0.3, -0.25) is 9.80 Å². The topological polar surface area (TPSA) is 40.6 Å². The van der Waals surface area contributed by atoms with Gasteiger partial charge in [0.15, 0.2) is 9.84 Å². The highest BCUT2D eigenvalue weighted by Gasteiger charge is 2.46. The van der Waals surface area contributed by atoms with Gasteiger partial charge in [-0.2, -0.15) is 0 Å². The van der Waals surface area contributed by atoms with E-state index in [1.165, 1.54) is 44.1 Å². The average molecular weight is 377 g/mol. The lowest BCUT2D eigenvalue weighted by Gasteiger charge is -2.44. The average Bonchev–Trinajstić information content (AvgIpc) is 3.24. The molecule has 2 saturated heterocycles. The third-order valence-corrected chi connectivity index (χ3v) is 8.37. The Hall–Kier alpha value is -0.910. The van der Waals surface area contributed by atoms with Crippen molar-refractivity contribution in [3.8, 4) is 0 Å². The monoisotopic (exact) mass is 376 g/mol. The van der Waals surface area contributed by atoms with Crippen LogP contribution in [0.2, 0.25) is 0 Å². The van der Waals surface area contributed by atoms with E-state index < -0.39 is 9.84 Å². The maximum Gasteiger partial charge on any atom is 0.153 e. The summed E-state index contributed by atoms with van der Waals surface area (Å²) in [5, 5.41) is 0. The third-order valence-electron chi connectivity index (χ3n) is 6.67. The zero-order valence-electron chi connectivity index (χ0n) is 15.7. The lowest BCUT2D eigenvalue weighted by Crippen LogP contribution is -2.58. The number of piperazine rings is 1. The predicted molar refractivity (Wildman–Crippen MR) is 106 cm³/mol. The van der Waals surface area contributed by atoms with Crippen molar-refractivity contribution in [1.29, 1.82) is 0 Å². The second-order valence-corrected chi connectivity index (χ2v) is 10.7. The Bertz CT molecular complexity index is 685. The Morgan fingerprint density at radius 1 is 0.923 bits per heavy atom. The molecule has 144 valence electrons. The van der Waals surface area contributed by atoms with Gasteiger partial charge >= 0.3 is 0 Å². The number of sulfone groups is 1. The van der Waals surface area contributed by atoms with Crippen molar-refractivity contribution in [3.63, 3.8) is 0 Å². The second kappa shape index (κ2) is 7.99. The van der Waals surface area contributed by atoms with E-state index in [9.17, 15) is 8.42 Å². The third kappa shape index (κ3) is 4.32. The number of hydrogen-bond acceptors (Lipinski definition) is 4. The molecule has 0 unspecified atom stereocenters. The van der Waals surface area contributed by atoms with E-state index in [0.717, 1.165) is 32.1 Å². The van der Waals surface area contributed by atoms with Crippen LogP contribution < -0.4 is 0 Å². The maximum atomic E-state index is 12.4. The summed E-state index contributed by atoms with van der Waals surface area (Å²) in [5.41, 5.74) is 1.28. The summed E-state index contributed by atoms with van der Waals surface area (Å²) in [6.07, 6.45) is 8.19. The molecule has 1 aliphatic carbocycles. The number of benzene rings is 1. The van der Waals surface area contributed by atoms with E-state index in [2.05, 4.69) is 34.1 Å². The van der Waals surface area contributed by atoms with Crippen molar-refractivity contribution in [2.45, 2.75) is 57.2 Å². The summed E-state index contributed by atoms with van der Waals surface area (Å²) in [6, 6.07) is 10.8. The van der Waals surface area contributed by atoms with Crippen LogP contribution in [0, 0.1) is 5.92 Å². The van der Waals surface area contributed by atoms with E-state index >= 15 is 0 Å². The molecule has 2 atom stereocenters. The molecular weight excluding hydrogens is 344 g/mol. The van der Waals surface area contributed by atoms with Crippen molar-refractivity contribution in [2.75, 3.05) is 31.1 Å². The normalized spacial score (nSPS) is 29.8. The first kappa shape index (κ1) is 18.5. The zero-order valence-corrected chi connectivity index (χ0v) is 16.5. The molecule has 4 rings (SSSR count). The number of nitrogens with zero attached hydrogens (tertiary/aromatic N) is 2. The van der Waals surface area contributed by atoms with Gasteiger partial charge < -0.3 is 0 Å². The fourth-order valence-electron chi connectivity index (χ4n) is 5.27. The largest absolute Gasteiger partial charge is 0.297 e. The van der Waals surface area contributed by atoms with Crippen LogP contribution in [0.25, 0.3) is 0 Å². The Labute approximate surface area is 158 Å². The smallest absolute Gasteiger partial charge is 0.153 e. The van der Waals surface area contributed by atoms with Gasteiger partial charge in [-0.25, -0.2) is 8.42 Å². The van der Waals surface area contributed by atoms with Gasteiger partial charge in [0.2, 0.25) is 0 Å². The minimum atomic E-state index is -2.91. The maximum absolute atomic E-state index is 12.4. The van der Waals surface area contributed by atoms with E-state index in [1.54, 1.807) is 0 Å². The zero-order chi connectivity index (χ0) is 18.0. The van der Waals surface area contributed by atoms with Crippen LogP contribution in [-0.2, 0) is 16.4 Å². The van der Waals surface area contributed by atoms with Crippen molar-refractivity contribution >= 4 is 9.84 Å². The molecule has 26 heavy (non-hydrogen) atoms. The van der Waals surface area contributed by atoms with E-state index in [-0.39, 0.29) is 12.1 Å². The van der Waals surface area contributed by atoms with Crippen LogP contribution in [0.5, 0.6) is 0 Å². The van der Waals surface area contributed by atoms with Crippen LogP contribution >= 0.6 is 0 Å². The van der Waals surface area contributed by atoms with E-state index in [0.29, 0.717) is 11.5 Å². The molecule has 1 saturated carbocycles. The second-order valence-electron chi connectivity index (χ2n) is 8.50. The van der Waals surface area contributed by atoms with E-state index in [1.807, 2.05) is 6.07 Å². The lowest BCUT2D eigenvalue weighted by atomic mass is 9.99. The highest BCUT2D eigenvalue weighted by Crippen LogP contribution is 2.31. The first-order valence-electron chi connectivity index (χ1n) is 10.3. The van der Waals surface area contributed by atoms with Gasteiger partial charge in [-0.15, -0.1) is 0 Å². The summed E-state index contributed by atoms with van der Waals surface area (Å²) in [6.45, 7) is 3.93. The van der Waals surface area contributed by atoms with Gasteiger partial charge in [-0.05, 0) is 30.9 Å². The Morgan fingerprint density at radius 2 is 1.58 bits per heavy atom. The van der Waals surface area contributed by atoms with Gasteiger partial charge in [-0.1, -0.05) is 56.0 Å². The van der Waals surface area contributed by atoms with Crippen molar-refractivity contribution < 1.29 is 8.42 Å². The molecular formula is C21H32N2O2S. The van der Waals surface area contributed by atoms with E-state index in [4.69, 9.17) is 0 Å². The molecule has 3 aliphatic rings. The Kier molecular flexibility index (Phi) is 5.67. The van der Waals surface area contributed by atoms with Gasteiger partial charge in [0.1, 0.15) is 0 Å². The minimum absolute atomic E-state index is 0.167. The molecule has 1 aromatic carbocycles. The summed E-state index contributed by atoms with van der Waals surface area (Å²) < 4.78 is 24.7. The fourth-order valence-corrected chi connectivity index (χ4v) is 7.31. The highest BCUT2D eigenvalue weighted by molar-refractivity contribution is 7.91. The van der Waals surface area contributed by atoms with Gasteiger partial charge in [0.05, 0.1) is 11.5 Å². The summed E-state index contributed by atoms with van der Waals surface area (Å²) in [5.74, 6) is 1.62. The summed E-state index contributed by atoms with van der Waals surface area (Å²) in [7, 11) is -2.91. The van der Waals surface area contributed by atoms with Crippen LogP contribution in [0.1, 0.15) is 44.1 Å². The Morgan fingerprint density at radius 3 is 2.31 bits per heavy atom. The number of hydrogen-bond donors (Lipinski definition) is 0. The fraction of sp³-hybridized carbons (Fsp3) is 0.714. The molecule has 0 amide bonds. The first-order chi connectivity index (χ1) is 12.6. The van der Waals surface area contributed by atoms with Crippen LogP contribution in [0.15, 0.2) is 30.3 Å². The number of fused-ring (bicyclic) bond motifs is 1. The SMILES string of the molecule is O=S1(=O)C[C@@H]2[C@H](C1)N(CCCC1CCCC1)CCN2Cc1ccccc1. The molecule has 0 bridgehead atoms. The lowest BCUT2D eigenvalue weighted by molar-refractivity contribution is 0.0388. The quantitative estimate of drug-likeness (QED) is 0.765. The minimum Gasteiger partial charge on any atom is -0.297 e. The molecule has 5 heteroatoms. The molecule has 3 fully saturated rings. The van der Waals surface area contributed by atoms with Crippen molar-refractivity contribution in [1.82, 2.24) is 9.80 Å². The van der Waals surface area contributed by atoms with Crippen molar-refractivity contribution in [2.24, 2.45) is 5.92 Å². The molecule has 4 nitrogen and oxygen atoms in total. The Balaban J connectivity index is 1.38. The predicted octanol–water partition coefficient (Wildman–Crippen LogP) is 2.94. The summed E-state index contributed by atoms with van der Waals surface area (Å²) >= 11 is 0. The van der Waals surface area contributed by atoms with Crippen LogP contribution in [-0.4, -0.2) is 61.4 Å². The van der Waals surface area contributed by atoms with Gasteiger partial charge in [0.25, 0.3) is 0 Å². The standard InChI is InChI=1S/C21H32N2O2S/c24-26(25)16-20-21(17-26)23(15-19-9-2-1-3-10-19)14-13-22(20)12-6-11-18-7-4-5-8-18/h1-3,9-10,18,20-21H,4-8,11-17H2/t20-,21+/m0/s1. The highest BCUT2D eigenvalue weighted by atomic mass is 32.2. The van der Waals surface area contributed by atoms with Crippen molar-refractivity contribution in [3.05, 3.63) is 35.9 Å². The molecule has 0 N–H and O–H groups in total. The molecule has 0 aromatic heterocycles. The number of rotatable bonds is 6. The van der Waals surface area contributed by atoms with Crippen LogP contribution in [0.3, 0.4) is 0 Å². The molecule has 2 aliphatic heterocycles. The molecule has 0 spiro atoms.